The molecular weight excluding hydrogens is 514 g/mol. The number of benzene rings is 5. The minimum absolute atomic E-state index is 0.0612. The number of rotatable bonds is 4. The average Bonchev–Trinajstić information content (AvgIpc) is 3.66. The highest BCUT2D eigenvalue weighted by Gasteiger charge is 2.22. The first kappa shape index (κ1) is 22.8. The molecule has 0 saturated heterocycles. The van der Waals surface area contributed by atoms with Gasteiger partial charge in [0, 0.05) is 27.0 Å². The molecule has 8 aromatic rings. The Morgan fingerprint density at radius 3 is 1.95 bits per heavy atom. The number of hydrogen-bond acceptors (Lipinski definition) is 5. The molecule has 3 heterocycles. The maximum absolute atomic E-state index is 13.4. The maximum atomic E-state index is 13.4. The van der Waals surface area contributed by atoms with Crippen LogP contribution in [-0.2, 0) is 0 Å². The van der Waals surface area contributed by atoms with Crippen molar-refractivity contribution in [1.82, 2.24) is 0 Å². The summed E-state index contributed by atoms with van der Waals surface area (Å²) < 4.78 is 12.9. The Kier molecular flexibility index (Phi) is 5.12. The Morgan fingerprint density at radius 1 is 0.550 bits per heavy atom. The molecule has 40 heavy (non-hydrogen) atoms. The van der Waals surface area contributed by atoms with E-state index in [0.717, 1.165) is 43.9 Å². The lowest BCUT2D eigenvalue weighted by molar-refractivity contribution is 0.657. The van der Waals surface area contributed by atoms with E-state index in [1.165, 1.54) is 0 Å². The van der Waals surface area contributed by atoms with E-state index in [1.807, 2.05) is 66.7 Å². The first-order valence-corrected chi connectivity index (χ1v) is 13.9. The van der Waals surface area contributed by atoms with Crippen LogP contribution in [0, 0.1) is 0 Å². The number of fused-ring (bicyclic) bond motifs is 5. The van der Waals surface area contributed by atoms with Gasteiger partial charge in [0.1, 0.15) is 16.7 Å². The number of anilines is 3. The van der Waals surface area contributed by atoms with Crippen LogP contribution < -0.4 is 10.3 Å². The van der Waals surface area contributed by atoms with E-state index in [9.17, 15) is 4.79 Å². The van der Waals surface area contributed by atoms with Gasteiger partial charge in [0.25, 0.3) is 0 Å². The second-order valence-corrected chi connectivity index (χ2v) is 10.7. The van der Waals surface area contributed by atoms with E-state index >= 15 is 0 Å². The third-order valence-corrected chi connectivity index (χ3v) is 8.24. The Bertz CT molecular complexity index is 2190. The average molecular weight is 536 g/mol. The maximum Gasteiger partial charge on any atom is 0.200 e. The van der Waals surface area contributed by atoms with Crippen LogP contribution in [0.3, 0.4) is 0 Å². The first-order chi connectivity index (χ1) is 19.7. The number of hydrogen-bond donors (Lipinski definition) is 0. The van der Waals surface area contributed by atoms with E-state index in [2.05, 4.69) is 58.8 Å². The number of furan rings is 1. The molecular formula is C35H21NO3S. The minimum Gasteiger partial charge on any atom is -0.456 e. The number of thiophene rings is 1. The summed E-state index contributed by atoms with van der Waals surface area (Å²) in [5.74, 6) is 0. The van der Waals surface area contributed by atoms with E-state index in [0.29, 0.717) is 27.5 Å². The van der Waals surface area contributed by atoms with E-state index in [-0.39, 0.29) is 5.43 Å². The van der Waals surface area contributed by atoms with Gasteiger partial charge >= 0.3 is 0 Å². The monoisotopic (exact) mass is 535 g/mol. The summed E-state index contributed by atoms with van der Waals surface area (Å²) in [6.45, 7) is 0. The van der Waals surface area contributed by atoms with Gasteiger partial charge in [-0.15, -0.1) is 11.3 Å². The Labute approximate surface area is 232 Å². The normalized spacial score (nSPS) is 11.6. The van der Waals surface area contributed by atoms with E-state index < -0.39 is 0 Å². The zero-order valence-corrected chi connectivity index (χ0v) is 22.0. The Balaban J connectivity index is 1.49. The van der Waals surface area contributed by atoms with Gasteiger partial charge in [-0.3, -0.25) is 4.79 Å². The SMILES string of the molecule is O=c1c2ccccc2oc2cc3c(cc12)oc1c(N(c2ccccc2)c2ccccc2)cc(-c2cccs2)cc13. The van der Waals surface area contributed by atoms with Gasteiger partial charge in [-0.25, -0.2) is 0 Å². The third-order valence-electron chi connectivity index (χ3n) is 7.32. The van der Waals surface area contributed by atoms with Gasteiger partial charge in [-0.2, -0.15) is 0 Å². The van der Waals surface area contributed by atoms with Crippen LogP contribution in [0.4, 0.5) is 17.1 Å². The Morgan fingerprint density at radius 2 is 1.23 bits per heavy atom. The molecule has 0 spiro atoms. The van der Waals surface area contributed by atoms with Crippen molar-refractivity contribution in [3.8, 4) is 10.4 Å². The van der Waals surface area contributed by atoms with E-state index in [1.54, 1.807) is 17.4 Å². The molecule has 0 radical (unpaired) electrons. The van der Waals surface area contributed by atoms with Crippen molar-refractivity contribution in [2.45, 2.75) is 0 Å². The molecule has 4 nitrogen and oxygen atoms in total. The predicted octanol–water partition coefficient (Wildman–Crippen LogP) is 10.0. The molecule has 8 rings (SSSR count). The lowest BCUT2D eigenvalue weighted by Gasteiger charge is -2.26. The highest BCUT2D eigenvalue weighted by molar-refractivity contribution is 7.13. The standard InChI is InChI=1S/C35H21NO3S/c37-34-25-14-7-8-15-30(25)38-32-20-26-27-18-22(33-16-9-17-40-33)19-29(35(27)39-31(26)21-28(32)34)36(23-10-3-1-4-11-23)24-12-5-2-6-13-24/h1-21H. The summed E-state index contributed by atoms with van der Waals surface area (Å²) in [6, 6.07) is 40.3. The highest BCUT2D eigenvalue weighted by atomic mass is 32.1. The van der Waals surface area contributed by atoms with Crippen LogP contribution in [-0.4, -0.2) is 0 Å². The zero-order valence-electron chi connectivity index (χ0n) is 21.2. The van der Waals surface area contributed by atoms with Crippen molar-refractivity contribution < 1.29 is 8.83 Å². The fourth-order valence-electron chi connectivity index (χ4n) is 5.49. The molecule has 3 aromatic heterocycles. The fourth-order valence-corrected chi connectivity index (χ4v) is 6.20. The molecule has 0 aliphatic rings. The molecule has 5 aromatic carbocycles. The van der Waals surface area contributed by atoms with Crippen LogP contribution >= 0.6 is 11.3 Å². The van der Waals surface area contributed by atoms with Crippen molar-refractivity contribution in [3.05, 3.63) is 137 Å². The summed E-state index contributed by atoms with van der Waals surface area (Å²) in [6.07, 6.45) is 0. The van der Waals surface area contributed by atoms with Crippen LogP contribution in [0.15, 0.2) is 140 Å². The van der Waals surface area contributed by atoms with Gasteiger partial charge < -0.3 is 13.7 Å². The topological polar surface area (TPSA) is 46.6 Å². The molecule has 5 heteroatoms. The summed E-state index contributed by atoms with van der Waals surface area (Å²) in [5, 5.41) is 5.03. The van der Waals surface area contributed by atoms with Crippen molar-refractivity contribution >= 4 is 72.3 Å². The molecule has 0 fully saturated rings. The highest BCUT2D eigenvalue weighted by Crippen LogP contribution is 2.45. The van der Waals surface area contributed by atoms with Gasteiger partial charge in [-0.05, 0) is 77.7 Å². The van der Waals surface area contributed by atoms with Crippen LogP contribution in [0.25, 0.3) is 54.3 Å². The molecule has 0 N–H and O–H groups in total. The smallest absolute Gasteiger partial charge is 0.200 e. The van der Waals surface area contributed by atoms with Crippen molar-refractivity contribution in [2.24, 2.45) is 0 Å². The summed E-state index contributed by atoms with van der Waals surface area (Å²) in [7, 11) is 0. The predicted molar refractivity (Wildman–Crippen MR) is 165 cm³/mol. The molecule has 190 valence electrons. The molecule has 0 bridgehead atoms. The molecule has 0 unspecified atom stereocenters. The molecule has 0 saturated carbocycles. The number of para-hydroxylation sites is 3. The van der Waals surface area contributed by atoms with Gasteiger partial charge in [0.15, 0.2) is 5.58 Å². The third kappa shape index (κ3) is 3.56. The van der Waals surface area contributed by atoms with Crippen molar-refractivity contribution in [2.75, 3.05) is 4.90 Å². The summed E-state index contributed by atoms with van der Waals surface area (Å²) in [5.41, 5.74) is 6.51. The molecule has 0 atom stereocenters. The Hall–Kier alpha value is -5.13. The van der Waals surface area contributed by atoms with Crippen molar-refractivity contribution in [3.63, 3.8) is 0 Å². The van der Waals surface area contributed by atoms with Crippen LogP contribution in [0.2, 0.25) is 0 Å². The molecule has 0 aliphatic carbocycles. The second-order valence-electron chi connectivity index (χ2n) is 9.73. The minimum atomic E-state index is -0.0612. The fraction of sp³-hybridized carbons (Fsp3) is 0. The zero-order chi connectivity index (χ0) is 26.6. The van der Waals surface area contributed by atoms with Crippen molar-refractivity contribution in [1.29, 1.82) is 0 Å². The van der Waals surface area contributed by atoms with Crippen LogP contribution in [0.5, 0.6) is 0 Å². The van der Waals surface area contributed by atoms with Gasteiger partial charge in [0.2, 0.25) is 5.43 Å². The lowest BCUT2D eigenvalue weighted by atomic mass is 10.0. The van der Waals surface area contributed by atoms with Gasteiger partial charge in [-0.1, -0.05) is 54.6 Å². The summed E-state index contributed by atoms with van der Waals surface area (Å²) in [4.78, 5) is 16.8. The number of nitrogens with zero attached hydrogens (tertiary/aromatic N) is 1. The quantitative estimate of drug-likeness (QED) is 0.210. The lowest BCUT2D eigenvalue weighted by Crippen LogP contribution is -2.10. The largest absolute Gasteiger partial charge is 0.456 e. The second kappa shape index (κ2) is 8.97. The first-order valence-electron chi connectivity index (χ1n) is 13.0. The summed E-state index contributed by atoms with van der Waals surface area (Å²) >= 11 is 1.70. The molecule has 0 amide bonds. The van der Waals surface area contributed by atoms with E-state index in [4.69, 9.17) is 8.83 Å². The van der Waals surface area contributed by atoms with Gasteiger partial charge in [0.05, 0.1) is 16.5 Å². The van der Waals surface area contributed by atoms with Crippen LogP contribution in [0.1, 0.15) is 0 Å². The molecule has 0 aliphatic heterocycles.